The molecule has 8 heteroatoms. The Morgan fingerprint density at radius 1 is 1.18 bits per heavy atom. The molecule has 2 aromatic carbocycles. The summed E-state index contributed by atoms with van der Waals surface area (Å²) in [7, 11) is 1.33. The van der Waals surface area contributed by atoms with E-state index < -0.39 is 17.1 Å². The van der Waals surface area contributed by atoms with E-state index >= 15 is 0 Å². The number of esters is 1. The standard InChI is InChI=1S/C25H18N2O5S/c1-15-11-16(24(29)31-2)7-9-20(15)21-10-8-19(32-21)12-22-23(28)27(25(30)33-22)14-18-6-4-3-5-17(18)13-26/h3-12H,14H2,1-2H3/b22-12+. The van der Waals surface area contributed by atoms with E-state index in [-0.39, 0.29) is 11.4 Å². The summed E-state index contributed by atoms with van der Waals surface area (Å²) in [4.78, 5) is 38.4. The number of aryl methyl sites for hydroxylation is 1. The Morgan fingerprint density at radius 3 is 2.70 bits per heavy atom. The second-order valence-electron chi connectivity index (χ2n) is 7.26. The minimum absolute atomic E-state index is 0.0287. The maximum Gasteiger partial charge on any atom is 0.337 e. The van der Waals surface area contributed by atoms with Gasteiger partial charge in [0.25, 0.3) is 11.1 Å². The van der Waals surface area contributed by atoms with Crippen LogP contribution in [0.15, 0.2) is 63.9 Å². The number of benzene rings is 2. The van der Waals surface area contributed by atoms with E-state index in [1.165, 1.54) is 13.2 Å². The molecule has 1 saturated heterocycles. The molecule has 0 spiro atoms. The van der Waals surface area contributed by atoms with E-state index in [1.54, 1.807) is 54.6 Å². The van der Waals surface area contributed by atoms with Gasteiger partial charge in [-0.05, 0) is 60.1 Å². The van der Waals surface area contributed by atoms with E-state index in [9.17, 15) is 19.6 Å². The molecule has 33 heavy (non-hydrogen) atoms. The number of nitrogens with zero attached hydrogens (tertiary/aromatic N) is 2. The van der Waals surface area contributed by atoms with E-state index in [0.29, 0.717) is 28.2 Å². The number of thioether (sulfide) groups is 1. The monoisotopic (exact) mass is 458 g/mol. The molecule has 7 nitrogen and oxygen atoms in total. The average molecular weight is 458 g/mol. The average Bonchev–Trinajstić information content (AvgIpc) is 3.38. The third-order valence-electron chi connectivity index (χ3n) is 5.15. The van der Waals surface area contributed by atoms with Crippen molar-refractivity contribution in [3.63, 3.8) is 0 Å². The Bertz CT molecular complexity index is 1350. The number of ether oxygens (including phenoxy) is 1. The Labute approximate surface area is 194 Å². The molecule has 164 valence electrons. The maximum atomic E-state index is 12.8. The molecule has 1 aliphatic heterocycles. The Kier molecular flexibility index (Phi) is 6.16. The lowest BCUT2D eigenvalue weighted by Gasteiger charge is -2.13. The first kappa shape index (κ1) is 22.1. The number of furan rings is 1. The summed E-state index contributed by atoms with van der Waals surface area (Å²) in [5.41, 5.74) is 3.09. The SMILES string of the molecule is COC(=O)c1ccc(-c2ccc(/C=C3/SC(=O)N(Cc4ccccc4C#N)C3=O)o2)c(C)c1. The van der Waals surface area contributed by atoms with Gasteiger partial charge in [0.1, 0.15) is 11.5 Å². The smallest absolute Gasteiger partial charge is 0.337 e. The summed E-state index contributed by atoms with van der Waals surface area (Å²) >= 11 is 0.829. The normalized spacial score (nSPS) is 14.6. The van der Waals surface area contributed by atoms with Gasteiger partial charge in [-0.2, -0.15) is 5.26 Å². The molecule has 1 aromatic heterocycles. The van der Waals surface area contributed by atoms with Crippen LogP contribution in [0.5, 0.6) is 0 Å². The van der Waals surface area contributed by atoms with Crippen LogP contribution >= 0.6 is 11.8 Å². The molecule has 1 fully saturated rings. The van der Waals surface area contributed by atoms with Crippen LogP contribution in [0, 0.1) is 18.3 Å². The number of carbonyl (C=O) groups is 3. The highest BCUT2D eigenvalue weighted by Crippen LogP contribution is 2.35. The van der Waals surface area contributed by atoms with Crippen molar-refractivity contribution in [1.29, 1.82) is 5.26 Å². The van der Waals surface area contributed by atoms with Gasteiger partial charge in [-0.1, -0.05) is 24.3 Å². The zero-order valence-corrected chi connectivity index (χ0v) is 18.6. The molecule has 3 aromatic rings. The maximum absolute atomic E-state index is 12.8. The fraction of sp³-hybridized carbons (Fsp3) is 0.120. The summed E-state index contributed by atoms with van der Waals surface area (Å²) in [5, 5.41) is 8.85. The van der Waals surface area contributed by atoms with Crippen molar-refractivity contribution in [3.05, 3.63) is 87.5 Å². The van der Waals surface area contributed by atoms with Gasteiger partial charge in [-0.3, -0.25) is 14.5 Å². The fourth-order valence-electron chi connectivity index (χ4n) is 3.46. The molecule has 0 unspecified atom stereocenters. The highest BCUT2D eigenvalue weighted by Gasteiger charge is 2.35. The van der Waals surface area contributed by atoms with Crippen LogP contribution in [0.3, 0.4) is 0 Å². The molecule has 0 saturated carbocycles. The van der Waals surface area contributed by atoms with E-state index in [0.717, 1.165) is 27.8 Å². The third-order valence-corrected chi connectivity index (χ3v) is 6.06. The number of rotatable bonds is 5. The molecule has 0 radical (unpaired) electrons. The molecule has 2 heterocycles. The second kappa shape index (κ2) is 9.18. The topological polar surface area (TPSA) is 101 Å². The number of methoxy groups -OCH3 is 1. The fourth-order valence-corrected chi connectivity index (χ4v) is 4.28. The first-order valence-corrected chi connectivity index (χ1v) is 10.8. The lowest BCUT2D eigenvalue weighted by Crippen LogP contribution is -2.27. The number of nitriles is 1. The lowest BCUT2D eigenvalue weighted by molar-refractivity contribution is -0.123. The van der Waals surface area contributed by atoms with Crippen LogP contribution in [-0.4, -0.2) is 29.1 Å². The van der Waals surface area contributed by atoms with Gasteiger partial charge in [0.15, 0.2) is 0 Å². The first-order valence-electron chi connectivity index (χ1n) is 9.94. The summed E-state index contributed by atoms with van der Waals surface area (Å²) in [6.07, 6.45) is 1.53. The van der Waals surface area contributed by atoms with Crippen molar-refractivity contribution in [3.8, 4) is 17.4 Å². The van der Waals surface area contributed by atoms with Gasteiger partial charge in [-0.25, -0.2) is 4.79 Å². The summed E-state index contributed by atoms with van der Waals surface area (Å²) in [6, 6.07) is 17.5. The van der Waals surface area contributed by atoms with Crippen LogP contribution in [-0.2, 0) is 16.1 Å². The van der Waals surface area contributed by atoms with Crippen molar-refractivity contribution in [2.45, 2.75) is 13.5 Å². The van der Waals surface area contributed by atoms with Crippen LogP contribution in [0.25, 0.3) is 17.4 Å². The van der Waals surface area contributed by atoms with Gasteiger partial charge in [0.05, 0.1) is 35.8 Å². The molecule has 0 N–H and O–H groups in total. The van der Waals surface area contributed by atoms with Gasteiger partial charge in [0.2, 0.25) is 0 Å². The van der Waals surface area contributed by atoms with Crippen molar-refractivity contribution >= 4 is 35.0 Å². The molecule has 2 amide bonds. The number of imide groups is 1. The predicted octanol–water partition coefficient (Wildman–Crippen LogP) is 5.15. The molecule has 4 rings (SSSR count). The number of hydrogen-bond donors (Lipinski definition) is 0. The van der Waals surface area contributed by atoms with Gasteiger partial charge < -0.3 is 9.15 Å². The van der Waals surface area contributed by atoms with Crippen molar-refractivity contribution in [2.75, 3.05) is 7.11 Å². The molecular weight excluding hydrogens is 440 g/mol. The molecule has 0 aliphatic carbocycles. The highest BCUT2D eigenvalue weighted by atomic mass is 32.2. The van der Waals surface area contributed by atoms with Gasteiger partial charge in [0, 0.05) is 11.6 Å². The quantitative estimate of drug-likeness (QED) is 0.385. The largest absolute Gasteiger partial charge is 0.465 e. The lowest BCUT2D eigenvalue weighted by atomic mass is 10.0. The predicted molar refractivity (Wildman–Crippen MR) is 123 cm³/mol. The molecule has 0 atom stereocenters. The van der Waals surface area contributed by atoms with Gasteiger partial charge in [-0.15, -0.1) is 0 Å². The van der Waals surface area contributed by atoms with E-state index in [2.05, 4.69) is 6.07 Å². The zero-order chi connectivity index (χ0) is 23.5. The first-order chi connectivity index (χ1) is 15.9. The molecular formula is C25H18N2O5S. The minimum atomic E-state index is -0.436. The molecule has 0 bridgehead atoms. The Morgan fingerprint density at radius 2 is 1.97 bits per heavy atom. The van der Waals surface area contributed by atoms with Crippen molar-refractivity contribution < 1.29 is 23.5 Å². The zero-order valence-electron chi connectivity index (χ0n) is 17.8. The number of amides is 2. The van der Waals surface area contributed by atoms with Crippen molar-refractivity contribution in [1.82, 2.24) is 4.90 Å². The van der Waals surface area contributed by atoms with Gasteiger partial charge >= 0.3 is 5.97 Å². The summed E-state index contributed by atoms with van der Waals surface area (Å²) in [5.74, 6) is 0.133. The third kappa shape index (κ3) is 4.45. The molecule has 1 aliphatic rings. The van der Waals surface area contributed by atoms with Crippen LogP contribution < -0.4 is 0 Å². The van der Waals surface area contributed by atoms with E-state index in [1.807, 2.05) is 6.92 Å². The van der Waals surface area contributed by atoms with Crippen molar-refractivity contribution in [2.24, 2.45) is 0 Å². The number of carbonyl (C=O) groups excluding carboxylic acids is 3. The summed E-state index contributed by atoms with van der Waals surface area (Å²) in [6.45, 7) is 1.88. The van der Waals surface area contributed by atoms with E-state index in [4.69, 9.17) is 9.15 Å². The number of hydrogen-bond acceptors (Lipinski definition) is 7. The Hall–Kier alpha value is -4.09. The Balaban J connectivity index is 1.55. The minimum Gasteiger partial charge on any atom is -0.465 e. The van der Waals surface area contributed by atoms with Crippen LogP contribution in [0.1, 0.15) is 32.8 Å². The highest BCUT2D eigenvalue weighted by molar-refractivity contribution is 8.18. The van der Waals surface area contributed by atoms with Crippen LogP contribution in [0.2, 0.25) is 0 Å². The van der Waals surface area contributed by atoms with Crippen LogP contribution in [0.4, 0.5) is 4.79 Å². The summed E-state index contributed by atoms with van der Waals surface area (Å²) < 4.78 is 10.6. The second-order valence-corrected chi connectivity index (χ2v) is 8.25.